The molecule has 0 aliphatic carbocycles. The molecule has 25 heavy (non-hydrogen) atoms. The van der Waals surface area contributed by atoms with Gasteiger partial charge in [0.1, 0.15) is 23.5 Å². The predicted molar refractivity (Wildman–Crippen MR) is 99.4 cm³/mol. The van der Waals surface area contributed by atoms with Crippen LogP contribution in [0.3, 0.4) is 0 Å². The number of amides is 1. The fourth-order valence-corrected chi connectivity index (χ4v) is 2.27. The molecule has 1 aromatic carbocycles. The molecule has 0 radical (unpaired) electrons. The topological polar surface area (TPSA) is 67.8 Å². The van der Waals surface area contributed by atoms with Gasteiger partial charge in [0, 0.05) is 0 Å². The first kappa shape index (κ1) is 21.0. The van der Waals surface area contributed by atoms with Crippen molar-refractivity contribution in [2.75, 3.05) is 7.11 Å². The van der Waals surface area contributed by atoms with E-state index in [-0.39, 0.29) is 11.2 Å². The molecule has 0 aromatic heterocycles. The molecule has 0 aliphatic heterocycles. The van der Waals surface area contributed by atoms with E-state index in [1.54, 1.807) is 20.8 Å². The van der Waals surface area contributed by atoms with Gasteiger partial charge in [0.15, 0.2) is 0 Å². The van der Waals surface area contributed by atoms with E-state index >= 15 is 0 Å². The first-order valence-corrected chi connectivity index (χ1v) is 8.36. The zero-order chi connectivity index (χ0) is 19.4. The molecule has 140 valence electrons. The van der Waals surface area contributed by atoms with E-state index in [2.05, 4.69) is 32.7 Å². The number of aliphatic hydroxyl groups is 1. The average Bonchev–Trinajstić information content (AvgIpc) is 2.48. The lowest BCUT2D eigenvalue weighted by Crippen LogP contribution is -2.43. The Labute approximate surface area is 151 Å². The fraction of sp³-hybridized carbons (Fsp3) is 0.550. The maximum atomic E-state index is 12.1. The van der Waals surface area contributed by atoms with Crippen LogP contribution in [0, 0.1) is 0 Å². The van der Waals surface area contributed by atoms with Gasteiger partial charge in [0.2, 0.25) is 0 Å². The molecule has 0 fully saturated rings. The van der Waals surface area contributed by atoms with Crippen molar-refractivity contribution < 1.29 is 19.4 Å². The highest BCUT2D eigenvalue weighted by atomic mass is 16.6. The fourth-order valence-electron chi connectivity index (χ4n) is 2.27. The largest absolute Gasteiger partial charge is 0.499 e. The van der Waals surface area contributed by atoms with Crippen LogP contribution in [0.4, 0.5) is 4.79 Å². The number of hydrogen-bond donors (Lipinski definition) is 2. The van der Waals surface area contributed by atoms with Crippen LogP contribution in [0.5, 0.6) is 0 Å². The molecule has 0 heterocycles. The third kappa shape index (κ3) is 6.42. The second-order valence-electron chi connectivity index (χ2n) is 8.11. The summed E-state index contributed by atoms with van der Waals surface area (Å²) < 4.78 is 10.4. The van der Waals surface area contributed by atoms with Crippen molar-refractivity contribution in [3.8, 4) is 0 Å². The van der Waals surface area contributed by atoms with Crippen LogP contribution in [0.15, 0.2) is 36.6 Å². The maximum Gasteiger partial charge on any atom is 0.408 e. The van der Waals surface area contributed by atoms with Crippen LogP contribution < -0.4 is 5.32 Å². The van der Waals surface area contributed by atoms with Crippen molar-refractivity contribution in [2.24, 2.45) is 0 Å². The average molecular weight is 349 g/mol. The molecule has 5 heteroatoms. The zero-order valence-corrected chi connectivity index (χ0v) is 16.3. The van der Waals surface area contributed by atoms with E-state index in [9.17, 15) is 9.90 Å². The number of hydrogen-bond acceptors (Lipinski definition) is 4. The summed E-state index contributed by atoms with van der Waals surface area (Å²) in [4.78, 5) is 12.1. The summed E-state index contributed by atoms with van der Waals surface area (Å²) in [6.45, 7) is 15.5. The number of carbonyl (C=O) groups is 1. The Hall–Kier alpha value is -2.01. The summed E-state index contributed by atoms with van der Waals surface area (Å²) in [5.41, 5.74) is 1.20. The molecule has 2 N–H and O–H groups in total. The van der Waals surface area contributed by atoms with Gasteiger partial charge in [-0.3, -0.25) is 0 Å². The number of carbonyl (C=O) groups excluding carboxylic acids is 1. The molecule has 5 nitrogen and oxygen atoms in total. The number of ether oxygens (including phenoxy) is 2. The van der Waals surface area contributed by atoms with Gasteiger partial charge in [0.05, 0.1) is 7.11 Å². The van der Waals surface area contributed by atoms with E-state index < -0.39 is 23.8 Å². The van der Waals surface area contributed by atoms with E-state index in [1.807, 2.05) is 24.3 Å². The van der Waals surface area contributed by atoms with Gasteiger partial charge in [-0.15, -0.1) is 0 Å². The van der Waals surface area contributed by atoms with Crippen molar-refractivity contribution in [2.45, 2.75) is 64.7 Å². The summed E-state index contributed by atoms with van der Waals surface area (Å²) in [5, 5.41) is 13.3. The Bertz CT molecular complexity index is 594. The van der Waals surface area contributed by atoms with Crippen molar-refractivity contribution in [1.82, 2.24) is 5.32 Å². The highest BCUT2D eigenvalue weighted by molar-refractivity contribution is 5.68. The van der Waals surface area contributed by atoms with E-state index in [4.69, 9.17) is 9.47 Å². The highest BCUT2D eigenvalue weighted by Crippen LogP contribution is 2.26. The third-order valence-corrected chi connectivity index (χ3v) is 3.72. The van der Waals surface area contributed by atoms with E-state index in [0.29, 0.717) is 5.56 Å². The molecule has 1 unspecified atom stereocenters. The number of rotatable bonds is 5. The van der Waals surface area contributed by atoms with E-state index in [0.717, 1.165) is 5.56 Å². The molecule has 1 amide bonds. The summed E-state index contributed by atoms with van der Waals surface area (Å²) >= 11 is 0. The SMILES string of the molecule is C=C(OC)[C@@H](NC(=O)OC(C)(C)C)C(O)c1ccc(C(C)(C)C)cc1. The summed E-state index contributed by atoms with van der Waals surface area (Å²) in [6, 6.07) is 6.81. The Morgan fingerprint density at radius 1 is 1.12 bits per heavy atom. The van der Waals surface area contributed by atoms with Gasteiger partial charge in [0.25, 0.3) is 0 Å². The highest BCUT2D eigenvalue weighted by Gasteiger charge is 2.29. The van der Waals surface area contributed by atoms with Crippen molar-refractivity contribution >= 4 is 6.09 Å². The Morgan fingerprint density at radius 3 is 2.04 bits per heavy atom. The van der Waals surface area contributed by atoms with Gasteiger partial charge in [-0.05, 0) is 37.3 Å². The second-order valence-corrected chi connectivity index (χ2v) is 8.11. The van der Waals surface area contributed by atoms with Crippen LogP contribution in [-0.2, 0) is 14.9 Å². The minimum atomic E-state index is -1.01. The molecule has 0 saturated heterocycles. The lowest BCUT2D eigenvalue weighted by atomic mass is 9.86. The third-order valence-electron chi connectivity index (χ3n) is 3.72. The van der Waals surface area contributed by atoms with Crippen LogP contribution >= 0.6 is 0 Å². The van der Waals surface area contributed by atoms with Crippen molar-refractivity contribution in [3.63, 3.8) is 0 Å². The van der Waals surface area contributed by atoms with Gasteiger partial charge < -0.3 is 19.9 Å². The molecule has 0 saturated carbocycles. The monoisotopic (exact) mass is 349 g/mol. The lowest BCUT2D eigenvalue weighted by Gasteiger charge is -2.28. The normalized spacial score (nSPS) is 14.4. The minimum Gasteiger partial charge on any atom is -0.499 e. The summed E-state index contributed by atoms with van der Waals surface area (Å²) in [5.74, 6) is 0.248. The van der Waals surface area contributed by atoms with E-state index in [1.165, 1.54) is 7.11 Å². The minimum absolute atomic E-state index is 0.0216. The lowest BCUT2D eigenvalue weighted by molar-refractivity contribution is 0.0402. The summed E-state index contributed by atoms with van der Waals surface area (Å²) in [6.07, 6.45) is -1.64. The molecule has 0 spiro atoms. The zero-order valence-electron chi connectivity index (χ0n) is 16.3. The van der Waals surface area contributed by atoms with Gasteiger partial charge >= 0.3 is 6.09 Å². The van der Waals surface area contributed by atoms with Crippen LogP contribution in [0.2, 0.25) is 0 Å². The molecule has 1 rings (SSSR count). The maximum absolute atomic E-state index is 12.1. The standard InChI is InChI=1S/C20H31NO4/c1-13(24-8)16(21-18(23)25-20(5,6)7)17(22)14-9-11-15(12-10-14)19(2,3)4/h9-12,16-17,22H,1H2,2-8H3,(H,21,23)/t16-,17?/m1/s1. The molecule has 1 aromatic rings. The molecular formula is C20H31NO4. The van der Waals surface area contributed by atoms with Crippen molar-refractivity contribution in [1.29, 1.82) is 0 Å². The van der Waals surface area contributed by atoms with Gasteiger partial charge in [-0.2, -0.15) is 0 Å². The van der Waals surface area contributed by atoms with Crippen LogP contribution in [-0.4, -0.2) is 30.0 Å². The van der Waals surface area contributed by atoms with Crippen LogP contribution in [0.1, 0.15) is 58.8 Å². The van der Waals surface area contributed by atoms with Gasteiger partial charge in [-0.25, -0.2) is 4.79 Å². The Balaban J connectivity index is 2.99. The predicted octanol–water partition coefficient (Wildman–Crippen LogP) is 4.07. The first-order valence-electron chi connectivity index (χ1n) is 8.36. The summed E-state index contributed by atoms with van der Waals surface area (Å²) in [7, 11) is 1.45. The Kier molecular flexibility index (Phi) is 6.66. The first-order chi connectivity index (χ1) is 11.3. The number of nitrogens with one attached hydrogen (secondary N) is 1. The number of alkyl carbamates (subject to hydrolysis) is 1. The quantitative estimate of drug-likeness (QED) is 0.786. The van der Waals surface area contributed by atoms with Crippen molar-refractivity contribution in [3.05, 3.63) is 47.7 Å². The number of benzene rings is 1. The van der Waals surface area contributed by atoms with Crippen LogP contribution in [0.25, 0.3) is 0 Å². The molecular weight excluding hydrogens is 318 g/mol. The van der Waals surface area contributed by atoms with Gasteiger partial charge in [-0.1, -0.05) is 51.6 Å². The number of aliphatic hydroxyl groups excluding tert-OH is 1. The second kappa shape index (κ2) is 7.91. The smallest absolute Gasteiger partial charge is 0.408 e. The Morgan fingerprint density at radius 2 is 1.64 bits per heavy atom. The number of methoxy groups -OCH3 is 1. The molecule has 0 aliphatic rings. The molecule has 2 atom stereocenters. The molecule has 0 bridgehead atoms.